The van der Waals surface area contributed by atoms with Gasteiger partial charge in [0, 0.05) is 24.3 Å². The van der Waals surface area contributed by atoms with Gasteiger partial charge in [-0.25, -0.2) is 4.98 Å². The summed E-state index contributed by atoms with van der Waals surface area (Å²) in [5, 5.41) is 14.1. The number of benzene rings is 1. The third kappa shape index (κ3) is 3.95. The van der Waals surface area contributed by atoms with Gasteiger partial charge in [-0.3, -0.25) is 0 Å². The summed E-state index contributed by atoms with van der Waals surface area (Å²) in [5.41, 5.74) is 2.27. The maximum absolute atomic E-state index is 9.56. The summed E-state index contributed by atoms with van der Waals surface area (Å²) in [7, 11) is 0. The number of aromatic nitrogens is 2. The lowest BCUT2D eigenvalue weighted by Crippen LogP contribution is -2.27. The number of hydrogen-bond donors (Lipinski definition) is 1. The Morgan fingerprint density at radius 3 is 2.83 bits per heavy atom. The second-order valence-corrected chi connectivity index (χ2v) is 6.74. The highest BCUT2D eigenvalue weighted by molar-refractivity contribution is 5.80. The first kappa shape index (κ1) is 19.0. The Balaban J connectivity index is 1.65. The van der Waals surface area contributed by atoms with E-state index in [9.17, 15) is 5.21 Å². The number of nitrogens with zero attached hydrogens (tertiary/aromatic N) is 4. The molecule has 0 aliphatic rings. The average Bonchev–Trinajstić information content (AvgIpc) is 3.24. The third-order valence-electron chi connectivity index (χ3n) is 5.06. The summed E-state index contributed by atoms with van der Waals surface area (Å²) in [6, 6.07) is 13.1. The van der Waals surface area contributed by atoms with Gasteiger partial charge in [0.25, 0.3) is 0 Å². The van der Waals surface area contributed by atoms with Crippen molar-refractivity contribution in [1.82, 2.24) is 14.3 Å². The molecule has 4 rings (SSSR count). The fourth-order valence-electron chi connectivity index (χ4n) is 3.35. The summed E-state index contributed by atoms with van der Waals surface area (Å²) in [6.07, 6.45) is 3.66. The molecular weight excluding hydrogens is 368 g/mol. The van der Waals surface area contributed by atoms with Crippen LogP contribution >= 0.6 is 0 Å². The van der Waals surface area contributed by atoms with Crippen LogP contribution in [0.5, 0.6) is 5.75 Å². The van der Waals surface area contributed by atoms with Crippen LogP contribution in [-0.2, 0) is 0 Å². The number of fused-ring (bicyclic) bond motifs is 2. The van der Waals surface area contributed by atoms with Gasteiger partial charge in [-0.05, 0) is 49.5 Å². The lowest BCUT2D eigenvalue weighted by Gasteiger charge is -2.18. The first-order chi connectivity index (χ1) is 14.2. The summed E-state index contributed by atoms with van der Waals surface area (Å²) < 4.78 is 13.8. The van der Waals surface area contributed by atoms with Gasteiger partial charge in [0.1, 0.15) is 29.0 Å². The molecule has 0 atom stereocenters. The van der Waals surface area contributed by atoms with E-state index in [-0.39, 0.29) is 0 Å². The molecule has 0 amide bonds. The van der Waals surface area contributed by atoms with Crippen molar-refractivity contribution in [3.63, 3.8) is 0 Å². The Morgan fingerprint density at radius 2 is 2.03 bits per heavy atom. The maximum Gasteiger partial charge on any atom is 0.155 e. The monoisotopic (exact) mass is 392 g/mol. The Hall–Kier alpha value is -3.32. The zero-order chi connectivity index (χ0) is 20.2. The highest BCUT2D eigenvalue weighted by Gasteiger charge is 2.10. The van der Waals surface area contributed by atoms with Crippen molar-refractivity contribution in [1.29, 1.82) is 0 Å². The Morgan fingerprint density at radius 1 is 1.17 bits per heavy atom. The van der Waals surface area contributed by atoms with Crippen molar-refractivity contribution in [2.45, 2.75) is 13.8 Å². The van der Waals surface area contributed by atoms with E-state index < -0.39 is 0 Å². The SMILES string of the molecule is CCN(CC)CCOc1ccc2oc(-c3cc4cccn4cn3)cc(=NO)c2c1. The van der Waals surface area contributed by atoms with Gasteiger partial charge in [0.15, 0.2) is 5.76 Å². The van der Waals surface area contributed by atoms with Crippen molar-refractivity contribution < 1.29 is 14.4 Å². The summed E-state index contributed by atoms with van der Waals surface area (Å²) in [4.78, 5) is 6.74. The summed E-state index contributed by atoms with van der Waals surface area (Å²) in [6.45, 7) is 7.72. The molecule has 150 valence electrons. The van der Waals surface area contributed by atoms with Crippen LogP contribution in [0.15, 0.2) is 64.6 Å². The maximum atomic E-state index is 9.56. The van der Waals surface area contributed by atoms with Gasteiger partial charge in [0.2, 0.25) is 0 Å². The van der Waals surface area contributed by atoms with Crippen LogP contribution in [0.25, 0.3) is 27.9 Å². The minimum atomic E-state index is 0.410. The predicted molar refractivity (Wildman–Crippen MR) is 111 cm³/mol. The van der Waals surface area contributed by atoms with Gasteiger partial charge in [-0.2, -0.15) is 0 Å². The smallest absolute Gasteiger partial charge is 0.155 e. The van der Waals surface area contributed by atoms with Crippen molar-refractivity contribution in [2.24, 2.45) is 5.16 Å². The Bertz CT molecular complexity index is 1190. The van der Waals surface area contributed by atoms with Gasteiger partial charge in [-0.15, -0.1) is 0 Å². The largest absolute Gasteiger partial charge is 0.492 e. The average molecular weight is 392 g/mol. The summed E-state index contributed by atoms with van der Waals surface area (Å²) >= 11 is 0. The first-order valence-corrected chi connectivity index (χ1v) is 9.76. The zero-order valence-electron chi connectivity index (χ0n) is 16.6. The molecule has 29 heavy (non-hydrogen) atoms. The molecule has 0 saturated carbocycles. The quantitative estimate of drug-likeness (QED) is 0.383. The van der Waals surface area contributed by atoms with Gasteiger partial charge in [-0.1, -0.05) is 19.0 Å². The highest BCUT2D eigenvalue weighted by atomic mass is 16.5. The van der Waals surface area contributed by atoms with Crippen LogP contribution < -0.4 is 10.1 Å². The lowest BCUT2D eigenvalue weighted by atomic mass is 10.2. The zero-order valence-corrected chi connectivity index (χ0v) is 16.6. The molecule has 0 aliphatic carbocycles. The molecule has 0 spiro atoms. The van der Waals surface area contributed by atoms with Crippen LogP contribution in [0.3, 0.4) is 0 Å². The van der Waals surface area contributed by atoms with Crippen molar-refractivity contribution in [2.75, 3.05) is 26.2 Å². The van der Waals surface area contributed by atoms with Crippen LogP contribution in [-0.4, -0.2) is 45.7 Å². The van der Waals surface area contributed by atoms with Gasteiger partial charge >= 0.3 is 0 Å². The van der Waals surface area contributed by atoms with Crippen LogP contribution in [0.4, 0.5) is 0 Å². The molecule has 4 aromatic rings. The molecule has 3 aromatic heterocycles. The molecule has 7 heteroatoms. The van der Waals surface area contributed by atoms with Gasteiger partial charge in [0.05, 0.1) is 11.7 Å². The fraction of sp³-hybridized carbons (Fsp3) is 0.273. The number of rotatable bonds is 7. The standard InChI is InChI=1S/C22H24N4O3/c1-3-25(4-2)10-11-28-17-7-8-21-18(13-17)19(24-27)14-22(29-21)20-12-16-6-5-9-26(16)15-23-20/h5-9,12-15,27H,3-4,10-11H2,1-2H3. The molecule has 1 aromatic carbocycles. The van der Waals surface area contributed by atoms with Crippen LogP contribution in [0.2, 0.25) is 0 Å². The number of likely N-dealkylation sites (N-methyl/N-ethyl adjacent to an activating group) is 1. The van der Waals surface area contributed by atoms with Gasteiger partial charge < -0.3 is 23.7 Å². The van der Waals surface area contributed by atoms with E-state index in [0.29, 0.717) is 40.1 Å². The number of ether oxygens (including phenoxy) is 1. The summed E-state index contributed by atoms with van der Waals surface area (Å²) in [5.74, 6) is 1.24. The second-order valence-electron chi connectivity index (χ2n) is 6.74. The van der Waals surface area contributed by atoms with Crippen molar-refractivity contribution >= 4 is 16.5 Å². The van der Waals surface area contributed by atoms with Crippen molar-refractivity contribution in [3.8, 4) is 17.2 Å². The lowest BCUT2D eigenvalue weighted by molar-refractivity contribution is 0.223. The predicted octanol–water partition coefficient (Wildman–Crippen LogP) is 3.76. The first-order valence-electron chi connectivity index (χ1n) is 9.76. The molecule has 1 N–H and O–H groups in total. The Kier molecular flexibility index (Phi) is 5.48. The molecule has 0 radical (unpaired) electrons. The molecular formula is C22H24N4O3. The normalized spacial score (nSPS) is 12.3. The molecule has 0 fully saturated rings. The number of hydrogen-bond acceptors (Lipinski definition) is 6. The topological polar surface area (TPSA) is 75.5 Å². The van der Waals surface area contributed by atoms with E-state index in [1.807, 2.05) is 47.0 Å². The van der Waals surface area contributed by atoms with E-state index in [0.717, 1.165) is 25.2 Å². The molecule has 3 heterocycles. The molecule has 0 bridgehead atoms. The van der Waals surface area contributed by atoms with E-state index in [4.69, 9.17) is 9.15 Å². The molecule has 7 nitrogen and oxygen atoms in total. The minimum Gasteiger partial charge on any atom is -0.492 e. The third-order valence-corrected chi connectivity index (χ3v) is 5.06. The van der Waals surface area contributed by atoms with Crippen molar-refractivity contribution in [3.05, 3.63) is 60.3 Å². The van der Waals surface area contributed by atoms with Crippen LogP contribution in [0.1, 0.15) is 13.8 Å². The highest BCUT2D eigenvalue weighted by Crippen LogP contribution is 2.24. The fourth-order valence-corrected chi connectivity index (χ4v) is 3.35. The second kappa shape index (κ2) is 8.36. The van der Waals surface area contributed by atoms with E-state index in [1.165, 1.54) is 0 Å². The van der Waals surface area contributed by atoms with E-state index >= 15 is 0 Å². The molecule has 0 saturated heterocycles. The molecule has 0 unspecified atom stereocenters. The molecule has 0 aliphatic heterocycles. The van der Waals surface area contributed by atoms with E-state index in [1.54, 1.807) is 12.4 Å². The minimum absolute atomic E-state index is 0.410. The Labute approximate surface area is 168 Å². The van der Waals surface area contributed by atoms with E-state index in [2.05, 4.69) is 28.9 Å². The van der Waals surface area contributed by atoms with Crippen LogP contribution in [0, 0.1) is 0 Å².